The highest BCUT2D eigenvalue weighted by atomic mass is 16.4. The predicted molar refractivity (Wildman–Crippen MR) is 109 cm³/mol. The topological polar surface area (TPSA) is 210 Å². The lowest BCUT2D eigenvalue weighted by Gasteiger charge is -1.99. The number of unbranched alkanes of at least 4 members (excludes halogenated alkanes) is 2. The highest BCUT2D eigenvalue weighted by Gasteiger charge is 1.94. The van der Waals surface area contributed by atoms with Gasteiger partial charge in [0.25, 0.3) is 0 Å². The summed E-state index contributed by atoms with van der Waals surface area (Å²) in [5.41, 5.74) is 8.81. The van der Waals surface area contributed by atoms with Gasteiger partial charge in [-0.1, -0.05) is 26.7 Å². The van der Waals surface area contributed by atoms with Crippen LogP contribution in [-0.2, 0) is 19.2 Å². The fourth-order valence-electron chi connectivity index (χ4n) is 0.851. The summed E-state index contributed by atoms with van der Waals surface area (Å²) in [6.45, 7) is 9.97. The molecule has 0 saturated heterocycles. The number of amides is 2. The number of carboxylic acid groups (broad SMARTS) is 2. The second-order valence-electron chi connectivity index (χ2n) is 5.25. The molecule has 29 heavy (non-hydrogen) atoms. The van der Waals surface area contributed by atoms with E-state index in [4.69, 9.17) is 15.9 Å². The first-order valence-corrected chi connectivity index (χ1v) is 9.50. The second-order valence-corrected chi connectivity index (χ2v) is 5.25. The molecule has 0 aromatic rings. The Morgan fingerprint density at radius 3 is 1.38 bits per heavy atom. The average molecular weight is 427 g/mol. The van der Waals surface area contributed by atoms with Crippen LogP contribution in [0, 0.1) is 0 Å². The van der Waals surface area contributed by atoms with Crippen LogP contribution in [0.15, 0.2) is 0 Å². The Hall–Kier alpha value is -2.24. The molecule has 0 radical (unpaired) electrons. The Labute approximate surface area is 174 Å². The van der Waals surface area contributed by atoms with Crippen LogP contribution in [0.2, 0.25) is 0 Å². The third-order valence-electron chi connectivity index (χ3n) is 2.13. The maximum absolute atomic E-state index is 9.97. The van der Waals surface area contributed by atoms with Gasteiger partial charge in [0.15, 0.2) is 0 Å². The molecular formula is C18H42N4O7. The molecule has 0 aliphatic carbocycles. The van der Waals surface area contributed by atoms with E-state index in [9.17, 15) is 24.3 Å². The van der Waals surface area contributed by atoms with Gasteiger partial charge in [-0.2, -0.15) is 0 Å². The van der Waals surface area contributed by atoms with Crippen LogP contribution >= 0.6 is 0 Å². The average Bonchev–Trinajstić information content (AvgIpc) is 2.62. The first kappa shape index (κ1) is 37.5. The summed E-state index contributed by atoms with van der Waals surface area (Å²) in [5, 5.41) is 29.2. The molecule has 2 amide bonds. The van der Waals surface area contributed by atoms with Crippen molar-refractivity contribution in [2.45, 2.75) is 60.3 Å². The molecule has 0 bridgehead atoms. The van der Waals surface area contributed by atoms with Crippen molar-refractivity contribution in [3.63, 3.8) is 0 Å². The summed E-state index contributed by atoms with van der Waals surface area (Å²) < 4.78 is 0. The number of nitrogens with one attached hydrogen (secondary N) is 2. The minimum atomic E-state index is -1.28. The second kappa shape index (κ2) is 36.6. The number of quaternary nitrogens is 1. The largest absolute Gasteiger partial charge is 0.548 e. The number of carboxylic acids is 2. The van der Waals surface area contributed by atoms with Crippen molar-refractivity contribution < 1.29 is 40.2 Å². The summed E-state index contributed by atoms with van der Waals surface area (Å²) >= 11 is 0. The van der Waals surface area contributed by atoms with Crippen molar-refractivity contribution in [2.75, 3.05) is 32.8 Å². The van der Waals surface area contributed by atoms with Crippen molar-refractivity contribution in [2.24, 2.45) is 5.73 Å². The molecule has 0 aromatic carbocycles. The summed E-state index contributed by atoms with van der Waals surface area (Å²) in [7, 11) is 0. The normalized spacial score (nSPS) is 8.00. The zero-order valence-electron chi connectivity index (χ0n) is 18.6. The minimum absolute atomic E-state index is 0.250. The van der Waals surface area contributed by atoms with Crippen LogP contribution in [0.5, 0.6) is 0 Å². The van der Waals surface area contributed by atoms with Gasteiger partial charge >= 0.3 is 5.97 Å². The highest BCUT2D eigenvalue weighted by Crippen LogP contribution is 1.77. The molecule has 0 unspecified atom stereocenters. The van der Waals surface area contributed by atoms with E-state index >= 15 is 0 Å². The number of hydrogen-bond acceptors (Lipinski definition) is 7. The predicted octanol–water partition coefficient (Wildman–Crippen LogP) is -2.15. The fraction of sp³-hybridized carbons (Fsp3) is 0.778. The van der Waals surface area contributed by atoms with Crippen LogP contribution in [0.4, 0.5) is 0 Å². The number of nitrogens with two attached hydrogens (primary N) is 1. The molecule has 0 aliphatic heterocycles. The lowest BCUT2D eigenvalue weighted by atomic mass is 10.3. The van der Waals surface area contributed by atoms with Gasteiger partial charge in [0.1, 0.15) is 6.54 Å². The van der Waals surface area contributed by atoms with E-state index in [1.54, 1.807) is 6.92 Å². The SMILES string of the molecule is CC(=O)NCC(=O)O.CC(=O)NCC(=O)[O-].CCCCN.CCCC[NH3+].CCO. The molecule has 0 aliphatic rings. The fourth-order valence-corrected chi connectivity index (χ4v) is 0.851. The van der Waals surface area contributed by atoms with Crippen molar-refractivity contribution >= 4 is 23.8 Å². The number of aliphatic carboxylic acids is 2. The standard InChI is InChI=1S/2C4H7NO3.2C4H11N.C2H6O/c2*1-3(6)5-2-4(7)8;2*1-2-3-4-5;1-2-3/h2*2H2,1H3,(H,5,6)(H,7,8);2*2-5H2,1H3;3H,2H2,1H3. The Bertz CT molecular complexity index is 315. The molecule has 0 saturated carbocycles. The molecule has 176 valence electrons. The molecule has 0 heterocycles. The van der Waals surface area contributed by atoms with Gasteiger partial charge in [-0.25, -0.2) is 0 Å². The van der Waals surface area contributed by atoms with Crippen LogP contribution in [-0.4, -0.2) is 66.8 Å². The molecular weight excluding hydrogens is 384 g/mol. The Kier molecular flexibility index (Phi) is 47.4. The molecule has 0 spiro atoms. The van der Waals surface area contributed by atoms with E-state index in [-0.39, 0.29) is 25.0 Å². The van der Waals surface area contributed by atoms with E-state index in [1.807, 2.05) is 5.32 Å². The van der Waals surface area contributed by atoms with E-state index in [2.05, 4.69) is 24.9 Å². The van der Waals surface area contributed by atoms with Gasteiger partial charge in [0.05, 0.1) is 19.1 Å². The minimum Gasteiger partial charge on any atom is -0.548 e. The first-order chi connectivity index (χ1) is 13.5. The summed E-state index contributed by atoms with van der Waals surface area (Å²) in [6.07, 6.45) is 4.94. The summed E-state index contributed by atoms with van der Waals surface area (Å²) in [4.78, 5) is 39.2. The van der Waals surface area contributed by atoms with Gasteiger partial charge in [-0.3, -0.25) is 14.4 Å². The van der Waals surface area contributed by atoms with Crippen molar-refractivity contribution in [3.05, 3.63) is 0 Å². The van der Waals surface area contributed by atoms with Gasteiger partial charge in [0.2, 0.25) is 11.8 Å². The van der Waals surface area contributed by atoms with E-state index in [1.165, 1.54) is 39.5 Å². The first-order valence-electron chi connectivity index (χ1n) is 9.50. The van der Waals surface area contributed by atoms with Crippen molar-refractivity contribution in [3.8, 4) is 0 Å². The third-order valence-corrected chi connectivity index (χ3v) is 2.13. The van der Waals surface area contributed by atoms with Crippen molar-refractivity contribution in [1.29, 1.82) is 0 Å². The molecule has 11 heteroatoms. The van der Waals surface area contributed by atoms with Crippen molar-refractivity contribution in [1.82, 2.24) is 10.6 Å². The van der Waals surface area contributed by atoms with Crippen LogP contribution in [0.3, 0.4) is 0 Å². The zero-order valence-corrected chi connectivity index (χ0v) is 18.6. The number of carbonyl (C=O) groups excluding carboxylic acids is 3. The number of rotatable bonds is 8. The summed E-state index contributed by atoms with van der Waals surface area (Å²) in [5.74, 6) is -3.00. The van der Waals surface area contributed by atoms with Gasteiger partial charge in [-0.15, -0.1) is 0 Å². The number of aliphatic hydroxyl groups is 1. The number of carbonyl (C=O) groups is 4. The molecule has 0 atom stereocenters. The number of hydrogen-bond donors (Lipinski definition) is 6. The molecule has 9 N–H and O–H groups in total. The summed E-state index contributed by atoms with van der Waals surface area (Å²) in [6, 6.07) is 0. The molecule has 0 rings (SSSR count). The maximum atomic E-state index is 9.97. The Balaban J connectivity index is -0.0000000862. The lowest BCUT2D eigenvalue weighted by molar-refractivity contribution is -0.368. The zero-order chi connectivity index (χ0) is 24.1. The number of aliphatic hydroxyl groups excluding tert-OH is 1. The third kappa shape index (κ3) is 105. The maximum Gasteiger partial charge on any atom is 0.322 e. The lowest BCUT2D eigenvalue weighted by Crippen LogP contribution is -2.49. The van der Waals surface area contributed by atoms with Crippen LogP contribution in [0.25, 0.3) is 0 Å². The van der Waals surface area contributed by atoms with E-state index < -0.39 is 18.5 Å². The monoisotopic (exact) mass is 426 g/mol. The molecule has 0 fully saturated rings. The Morgan fingerprint density at radius 2 is 1.31 bits per heavy atom. The highest BCUT2D eigenvalue weighted by molar-refractivity contribution is 5.79. The smallest absolute Gasteiger partial charge is 0.322 e. The van der Waals surface area contributed by atoms with Crippen LogP contribution < -0.4 is 27.2 Å². The molecule has 0 aromatic heterocycles. The van der Waals surface area contributed by atoms with Gasteiger partial charge in [0, 0.05) is 20.5 Å². The molecule has 11 nitrogen and oxygen atoms in total. The van der Waals surface area contributed by atoms with Gasteiger partial charge in [-0.05, 0) is 26.3 Å². The van der Waals surface area contributed by atoms with Crippen LogP contribution in [0.1, 0.15) is 60.3 Å². The quantitative estimate of drug-likeness (QED) is 0.251. The van der Waals surface area contributed by atoms with E-state index in [0.717, 1.165) is 13.1 Å². The van der Waals surface area contributed by atoms with Gasteiger partial charge < -0.3 is 42.2 Å². The van der Waals surface area contributed by atoms with E-state index in [0.29, 0.717) is 0 Å². The Morgan fingerprint density at radius 1 is 0.931 bits per heavy atom.